The van der Waals surface area contributed by atoms with Crippen molar-refractivity contribution in [1.29, 1.82) is 0 Å². The molecule has 3 heteroatoms. The zero-order chi connectivity index (χ0) is 12.9. The molecule has 0 heterocycles. The molecule has 0 aromatic heterocycles. The van der Waals surface area contributed by atoms with Gasteiger partial charge in [-0.1, -0.05) is 26.0 Å². The average Bonchev–Trinajstić information content (AvgIpc) is 2.36. The molecule has 1 aromatic carbocycles. The third-order valence-corrected chi connectivity index (χ3v) is 4.52. The summed E-state index contributed by atoms with van der Waals surface area (Å²) in [6, 6.07) is 7.13. The molecule has 0 saturated heterocycles. The molecule has 1 unspecified atom stereocenters. The van der Waals surface area contributed by atoms with Crippen LogP contribution >= 0.6 is 0 Å². The molecule has 0 amide bonds. The molecule has 0 radical (unpaired) electrons. The van der Waals surface area contributed by atoms with Crippen LogP contribution in [0, 0.1) is 11.8 Å². The standard InChI is InChI=1S/C14H18O2S/c1-4-6-7-12(3)13-8-10-14(11-9-13)17(15,16)5-2/h8-12H,5,7H2,1-3H3. The van der Waals surface area contributed by atoms with Crippen LogP contribution in [0.15, 0.2) is 29.2 Å². The fourth-order valence-corrected chi connectivity index (χ4v) is 2.43. The quantitative estimate of drug-likeness (QED) is 0.770. The largest absolute Gasteiger partial charge is 0.224 e. The van der Waals surface area contributed by atoms with E-state index in [1.165, 1.54) is 0 Å². The Morgan fingerprint density at radius 1 is 1.24 bits per heavy atom. The highest BCUT2D eigenvalue weighted by Gasteiger charge is 2.11. The van der Waals surface area contributed by atoms with Crippen LogP contribution in [0.25, 0.3) is 0 Å². The highest BCUT2D eigenvalue weighted by atomic mass is 32.2. The van der Waals surface area contributed by atoms with E-state index in [0.29, 0.717) is 10.8 Å². The summed E-state index contributed by atoms with van der Waals surface area (Å²) in [7, 11) is -3.09. The molecule has 1 rings (SSSR count). The lowest BCUT2D eigenvalue weighted by molar-refractivity contribution is 0.597. The topological polar surface area (TPSA) is 34.1 Å². The number of hydrogen-bond acceptors (Lipinski definition) is 2. The van der Waals surface area contributed by atoms with E-state index in [2.05, 4.69) is 18.8 Å². The van der Waals surface area contributed by atoms with Crippen molar-refractivity contribution in [2.45, 2.75) is 38.0 Å². The van der Waals surface area contributed by atoms with E-state index in [1.807, 2.05) is 19.1 Å². The number of hydrogen-bond donors (Lipinski definition) is 0. The van der Waals surface area contributed by atoms with Crippen LogP contribution in [0.5, 0.6) is 0 Å². The van der Waals surface area contributed by atoms with E-state index in [0.717, 1.165) is 12.0 Å². The van der Waals surface area contributed by atoms with Gasteiger partial charge in [0.15, 0.2) is 9.84 Å². The molecule has 0 saturated carbocycles. The lowest BCUT2D eigenvalue weighted by Crippen LogP contribution is -2.03. The van der Waals surface area contributed by atoms with Gasteiger partial charge in [-0.15, -0.1) is 11.8 Å². The summed E-state index contributed by atoms with van der Waals surface area (Å²) in [6.45, 7) is 5.57. The lowest BCUT2D eigenvalue weighted by atomic mass is 9.98. The van der Waals surface area contributed by atoms with Gasteiger partial charge < -0.3 is 0 Å². The van der Waals surface area contributed by atoms with Crippen molar-refractivity contribution in [3.05, 3.63) is 29.8 Å². The predicted octanol–water partition coefficient (Wildman–Crippen LogP) is 3.00. The summed E-state index contributed by atoms with van der Waals surface area (Å²) in [5.41, 5.74) is 1.13. The highest BCUT2D eigenvalue weighted by Crippen LogP contribution is 2.20. The maximum Gasteiger partial charge on any atom is 0.178 e. The Balaban J connectivity index is 2.91. The van der Waals surface area contributed by atoms with Crippen molar-refractivity contribution in [2.75, 3.05) is 5.75 Å². The van der Waals surface area contributed by atoms with E-state index in [9.17, 15) is 8.42 Å². The first-order valence-electron chi connectivity index (χ1n) is 5.73. The van der Waals surface area contributed by atoms with E-state index < -0.39 is 9.84 Å². The van der Waals surface area contributed by atoms with Crippen molar-refractivity contribution in [2.24, 2.45) is 0 Å². The van der Waals surface area contributed by atoms with Crippen LogP contribution < -0.4 is 0 Å². The van der Waals surface area contributed by atoms with Crippen LogP contribution in [-0.2, 0) is 9.84 Å². The van der Waals surface area contributed by atoms with E-state index >= 15 is 0 Å². The van der Waals surface area contributed by atoms with Gasteiger partial charge in [0.1, 0.15) is 0 Å². The van der Waals surface area contributed by atoms with Crippen LogP contribution in [0.3, 0.4) is 0 Å². The molecule has 0 spiro atoms. The summed E-state index contributed by atoms with van der Waals surface area (Å²) in [5.74, 6) is 6.38. The van der Waals surface area contributed by atoms with E-state index in [-0.39, 0.29) is 5.75 Å². The Labute approximate surface area is 104 Å². The maximum absolute atomic E-state index is 11.6. The summed E-state index contributed by atoms with van der Waals surface area (Å²) >= 11 is 0. The van der Waals surface area contributed by atoms with E-state index in [4.69, 9.17) is 0 Å². The zero-order valence-electron chi connectivity index (χ0n) is 10.5. The van der Waals surface area contributed by atoms with Gasteiger partial charge in [-0.25, -0.2) is 8.42 Å². The van der Waals surface area contributed by atoms with Gasteiger partial charge in [0.25, 0.3) is 0 Å². The highest BCUT2D eigenvalue weighted by molar-refractivity contribution is 7.91. The van der Waals surface area contributed by atoms with Crippen molar-refractivity contribution in [1.82, 2.24) is 0 Å². The Hall–Kier alpha value is -1.27. The second-order valence-electron chi connectivity index (χ2n) is 4.00. The van der Waals surface area contributed by atoms with Gasteiger partial charge in [-0.05, 0) is 30.5 Å². The molecule has 0 bridgehead atoms. The fourth-order valence-electron chi connectivity index (χ4n) is 1.54. The van der Waals surface area contributed by atoms with Crippen molar-refractivity contribution in [3.63, 3.8) is 0 Å². The molecule has 0 N–H and O–H groups in total. The van der Waals surface area contributed by atoms with Gasteiger partial charge in [0, 0.05) is 6.42 Å². The normalized spacial score (nSPS) is 12.6. The summed E-state index contributed by atoms with van der Waals surface area (Å²) in [5, 5.41) is 0. The van der Waals surface area contributed by atoms with Gasteiger partial charge in [-0.3, -0.25) is 0 Å². The third kappa shape index (κ3) is 3.61. The van der Waals surface area contributed by atoms with Crippen LogP contribution in [0.2, 0.25) is 0 Å². The van der Waals surface area contributed by atoms with Gasteiger partial charge in [0.2, 0.25) is 0 Å². The molecule has 1 aromatic rings. The fraction of sp³-hybridized carbons (Fsp3) is 0.429. The predicted molar refractivity (Wildman–Crippen MR) is 70.7 cm³/mol. The number of benzene rings is 1. The molecule has 0 aliphatic carbocycles. The van der Waals surface area contributed by atoms with Crippen molar-refractivity contribution >= 4 is 9.84 Å². The minimum Gasteiger partial charge on any atom is -0.224 e. The van der Waals surface area contributed by atoms with Crippen molar-refractivity contribution in [3.8, 4) is 11.8 Å². The Bertz CT molecular complexity index is 516. The monoisotopic (exact) mass is 250 g/mol. The van der Waals surface area contributed by atoms with Crippen LogP contribution in [0.4, 0.5) is 0 Å². The number of sulfone groups is 1. The first-order valence-corrected chi connectivity index (χ1v) is 7.38. The van der Waals surface area contributed by atoms with Gasteiger partial charge >= 0.3 is 0 Å². The molecular weight excluding hydrogens is 232 g/mol. The van der Waals surface area contributed by atoms with Crippen LogP contribution in [0.1, 0.15) is 38.7 Å². The smallest absolute Gasteiger partial charge is 0.178 e. The molecule has 17 heavy (non-hydrogen) atoms. The molecule has 2 nitrogen and oxygen atoms in total. The minimum atomic E-state index is -3.09. The lowest BCUT2D eigenvalue weighted by Gasteiger charge is -2.09. The Morgan fingerprint density at radius 3 is 2.29 bits per heavy atom. The minimum absolute atomic E-state index is 0.142. The maximum atomic E-state index is 11.6. The van der Waals surface area contributed by atoms with Gasteiger partial charge in [0.05, 0.1) is 10.6 Å². The molecular formula is C14H18O2S. The molecule has 0 aliphatic rings. The first kappa shape index (κ1) is 13.8. The van der Waals surface area contributed by atoms with Gasteiger partial charge in [-0.2, -0.15) is 0 Å². The van der Waals surface area contributed by atoms with Crippen LogP contribution in [-0.4, -0.2) is 14.2 Å². The van der Waals surface area contributed by atoms with E-state index in [1.54, 1.807) is 19.1 Å². The second-order valence-corrected chi connectivity index (χ2v) is 6.28. The average molecular weight is 250 g/mol. The summed E-state index contributed by atoms with van der Waals surface area (Å²) in [6.07, 6.45) is 0.802. The SMILES string of the molecule is CC#CCC(C)c1ccc(S(=O)(=O)CC)cc1. The summed E-state index contributed by atoms with van der Waals surface area (Å²) in [4.78, 5) is 0.400. The Morgan fingerprint density at radius 2 is 1.82 bits per heavy atom. The molecule has 92 valence electrons. The molecule has 1 atom stereocenters. The number of rotatable bonds is 4. The molecule has 0 aliphatic heterocycles. The zero-order valence-corrected chi connectivity index (χ0v) is 11.3. The van der Waals surface area contributed by atoms with Crippen molar-refractivity contribution < 1.29 is 8.42 Å². The summed E-state index contributed by atoms with van der Waals surface area (Å²) < 4.78 is 23.3. The first-order chi connectivity index (χ1) is 8.01. The second kappa shape index (κ2) is 5.88. The Kier molecular flexibility index (Phi) is 4.77. The third-order valence-electron chi connectivity index (χ3n) is 2.77. The molecule has 0 fully saturated rings.